The molecule has 0 aliphatic carbocycles. The smallest absolute Gasteiger partial charge is 0.201 e. The molecule has 0 bridgehead atoms. The number of rotatable bonds is 2. The van der Waals surface area contributed by atoms with Crippen molar-refractivity contribution in [1.82, 2.24) is 15.3 Å². The zero-order valence-corrected chi connectivity index (χ0v) is 8.34. The fraction of sp³-hybridized carbons (Fsp3) is 0.600. The Labute approximate surface area is 83.1 Å². The summed E-state index contributed by atoms with van der Waals surface area (Å²) in [6, 6.07) is 0. The summed E-state index contributed by atoms with van der Waals surface area (Å²) in [5.74, 6) is 0.843. The van der Waals surface area contributed by atoms with E-state index < -0.39 is 0 Å². The van der Waals surface area contributed by atoms with Crippen LogP contribution in [-0.2, 0) is 0 Å². The van der Waals surface area contributed by atoms with E-state index in [2.05, 4.69) is 15.3 Å². The molecule has 1 aromatic heterocycles. The highest BCUT2D eigenvalue weighted by molar-refractivity contribution is 5.94. The third-order valence-electron chi connectivity index (χ3n) is 2.65. The lowest BCUT2D eigenvalue weighted by atomic mass is 9.93. The summed E-state index contributed by atoms with van der Waals surface area (Å²) >= 11 is 0. The van der Waals surface area contributed by atoms with Crippen molar-refractivity contribution in [2.24, 2.45) is 5.92 Å². The summed E-state index contributed by atoms with van der Waals surface area (Å²) in [4.78, 5) is 18.9. The van der Waals surface area contributed by atoms with E-state index in [0.717, 1.165) is 31.6 Å². The van der Waals surface area contributed by atoms with Crippen LogP contribution in [0.3, 0.4) is 0 Å². The van der Waals surface area contributed by atoms with Crippen LogP contribution < -0.4 is 5.32 Å². The van der Waals surface area contributed by atoms with Crippen molar-refractivity contribution in [3.05, 3.63) is 17.7 Å². The molecule has 1 aromatic rings. The quantitative estimate of drug-likeness (QED) is 0.686. The van der Waals surface area contributed by atoms with Gasteiger partial charge in [0.05, 0.1) is 0 Å². The Hall–Kier alpha value is -1.16. The Bertz CT molecular complexity index is 326. The van der Waals surface area contributed by atoms with Crippen molar-refractivity contribution in [2.45, 2.75) is 19.8 Å². The van der Waals surface area contributed by atoms with Crippen LogP contribution in [0.25, 0.3) is 0 Å². The molecule has 1 fully saturated rings. The first kappa shape index (κ1) is 9.40. The lowest BCUT2D eigenvalue weighted by Gasteiger charge is -2.20. The first-order chi connectivity index (χ1) is 6.77. The van der Waals surface area contributed by atoms with E-state index in [1.807, 2.05) is 6.92 Å². The van der Waals surface area contributed by atoms with Gasteiger partial charge < -0.3 is 10.3 Å². The van der Waals surface area contributed by atoms with Gasteiger partial charge in [-0.15, -0.1) is 0 Å². The molecule has 2 rings (SSSR count). The third-order valence-corrected chi connectivity index (χ3v) is 2.65. The standard InChI is InChI=1S/C10H15N3O/c1-7-6-12-10(13-7)9(14)8-2-4-11-5-3-8/h6,8,11H,2-5H2,1H3,(H,12,13). The van der Waals surface area contributed by atoms with Gasteiger partial charge in [0.15, 0.2) is 5.82 Å². The van der Waals surface area contributed by atoms with E-state index in [9.17, 15) is 4.79 Å². The van der Waals surface area contributed by atoms with Crippen molar-refractivity contribution in [2.75, 3.05) is 13.1 Å². The second kappa shape index (κ2) is 3.92. The number of aromatic amines is 1. The van der Waals surface area contributed by atoms with Crippen LogP contribution in [0.5, 0.6) is 0 Å². The van der Waals surface area contributed by atoms with E-state index in [4.69, 9.17) is 0 Å². The number of imidazole rings is 1. The average molecular weight is 193 g/mol. The molecule has 1 aliphatic rings. The van der Waals surface area contributed by atoms with Gasteiger partial charge in [-0.1, -0.05) is 0 Å². The zero-order chi connectivity index (χ0) is 9.97. The molecular weight excluding hydrogens is 178 g/mol. The molecule has 0 unspecified atom stereocenters. The number of ketones is 1. The predicted molar refractivity (Wildman–Crippen MR) is 53.2 cm³/mol. The molecule has 0 spiro atoms. The van der Waals surface area contributed by atoms with Gasteiger partial charge in [-0.25, -0.2) is 4.98 Å². The second-order valence-corrected chi connectivity index (χ2v) is 3.80. The van der Waals surface area contributed by atoms with E-state index in [1.165, 1.54) is 0 Å². The van der Waals surface area contributed by atoms with Gasteiger partial charge in [0.25, 0.3) is 0 Å². The number of H-pyrrole nitrogens is 1. The maximum Gasteiger partial charge on any atom is 0.201 e. The first-order valence-corrected chi connectivity index (χ1v) is 5.04. The molecule has 2 heterocycles. The van der Waals surface area contributed by atoms with Gasteiger partial charge in [-0.3, -0.25) is 4.79 Å². The summed E-state index contributed by atoms with van der Waals surface area (Å²) in [6.45, 7) is 3.79. The maximum atomic E-state index is 11.9. The minimum Gasteiger partial charge on any atom is -0.340 e. The van der Waals surface area contributed by atoms with E-state index in [1.54, 1.807) is 6.20 Å². The Morgan fingerprint density at radius 1 is 1.50 bits per heavy atom. The summed E-state index contributed by atoms with van der Waals surface area (Å²) in [5.41, 5.74) is 0.947. The Balaban J connectivity index is 2.07. The number of hydrogen-bond donors (Lipinski definition) is 2. The Morgan fingerprint density at radius 2 is 2.21 bits per heavy atom. The van der Waals surface area contributed by atoms with Crippen molar-refractivity contribution in [3.63, 3.8) is 0 Å². The first-order valence-electron chi connectivity index (χ1n) is 5.04. The molecule has 0 radical (unpaired) electrons. The van der Waals surface area contributed by atoms with Gasteiger partial charge in [-0.05, 0) is 32.9 Å². The number of aromatic nitrogens is 2. The van der Waals surface area contributed by atoms with Crippen molar-refractivity contribution < 1.29 is 4.79 Å². The molecule has 0 saturated carbocycles. The number of Topliss-reactive ketones (excluding diaryl/α,β-unsaturated/α-hetero) is 1. The molecule has 1 saturated heterocycles. The number of nitrogens with one attached hydrogen (secondary N) is 2. The summed E-state index contributed by atoms with van der Waals surface area (Å²) in [5, 5.41) is 3.24. The largest absolute Gasteiger partial charge is 0.340 e. The lowest BCUT2D eigenvalue weighted by Crippen LogP contribution is -2.32. The van der Waals surface area contributed by atoms with E-state index >= 15 is 0 Å². The zero-order valence-electron chi connectivity index (χ0n) is 8.34. The third kappa shape index (κ3) is 1.85. The van der Waals surface area contributed by atoms with Crippen LogP contribution in [0.1, 0.15) is 29.2 Å². The van der Waals surface area contributed by atoms with Gasteiger partial charge in [-0.2, -0.15) is 0 Å². The molecule has 14 heavy (non-hydrogen) atoms. The average Bonchev–Trinajstić information content (AvgIpc) is 2.65. The Kier molecular flexibility index (Phi) is 2.63. The molecule has 4 heteroatoms. The number of piperidine rings is 1. The van der Waals surface area contributed by atoms with E-state index in [-0.39, 0.29) is 11.7 Å². The normalized spacial score (nSPS) is 18.4. The number of nitrogens with zero attached hydrogens (tertiary/aromatic N) is 1. The lowest BCUT2D eigenvalue weighted by molar-refractivity contribution is 0.0885. The summed E-state index contributed by atoms with van der Waals surface area (Å²) in [6.07, 6.45) is 3.56. The highest BCUT2D eigenvalue weighted by atomic mass is 16.1. The molecule has 2 N–H and O–H groups in total. The minimum atomic E-state index is 0.154. The highest BCUT2D eigenvalue weighted by Crippen LogP contribution is 2.16. The fourth-order valence-electron chi connectivity index (χ4n) is 1.82. The van der Waals surface area contributed by atoms with E-state index in [0.29, 0.717) is 5.82 Å². The Morgan fingerprint density at radius 3 is 2.79 bits per heavy atom. The highest BCUT2D eigenvalue weighted by Gasteiger charge is 2.23. The van der Waals surface area contributed by atoms with Crippen LogP contribution in [0, 0.1) is 12.8 Å². The van der Waals surface area contributed by atoms with Gasteiger partial charge in [0, 0.05) is 17.8 Å². The SMILES string of the molecule is Cc1cnc(C(=O)C2CCNCC2)[nH]1. The predicted octanol–water partition coefficient (Wildman–Crippen LogP) is 0.900. The topological polar surface area (TPSA) is 57.8 Å². The molecule has 1 aliphatic heterocycles. The van der Waals surface area contributed by atoms with Gasteiger partial charge in [0.1, 0.15) is 0 Å². The molecule has 0 aromatic carbocycles. The second-order valence-electron chi connectivity index (χ2n) is 3.80. The van der Waals surface area contributed by atoms with Crippen molar-refractivity contribution in [3.8, 4) is 0 Å². The summed E-state index contributed by atoms with van der Waals surface area (Å²) in [7, 11) is 0. The number of aryl methyl sites for hydroxylation is 1. The monoisotopic (exact) mass is 193 g/mol. The van der Waals surface area contributed by atoms with Crippen molar-refractivity contribution in [1.29, 1.82) is 0 Å². The maximum absolute atomic E-state index is 11.9. The summed E-state index contributed by atoms with van der Waals surface area (Å²) < 4.78 is 0. The molecule has 4 nitrogen and oxygen atoms in total. The van der Waals surface area contributed by atoms with Crippen molar-refractivity contribution >= 4 is 5.78 Å². The minimum absolute atomic E-state index is 0.154. The number of carbonyl (C=O) groups excluding carboxylic acids is 1. The van der Waals surface area contributed by atoms with Crippen LogP contribution in [0.4, 0.5) is 0 Å². The number of hydrogen-bond acceptors (Lipinski definition) is 3. The molecule has 76 valence electrons. The fourth-order valence-corrected chi connectivity index (χ4v) is 1.82. The number of carbonyl (C=O) groups is 1. The van der Waals surface area contributed by atoms with Crippen LogP contribution >= 0.6 is 0 Å². The van der Waals surface area contributed by atoms with Crippen LogP contribution in [0.2, 0.25) is 0 Å². The van der Waals surface area contributed by atoms with Crippen LogP contribution in [-0.4, -0.2) is 28.8 Å². The van der Waals surface area contributed by atoms with Crippen LogP contribution in [0.15, 0.2) is 6.20 Å². The van der Waals surface area contributed by atoms with Gasteiger partial charge in [0.2, 0.25) is 5.78 Å². The molecular formula is C10H15N3O. The molecule has 0 atom stereocenters. The van der Waals surface area contributed by atoms with Gasteiger partial charge >= 0.3 is 0 Å². The molecule has 0 amide bonds.